The van der Waals surface area contributed by atoms with Crippen molar-refractivity contribution in [2.24, 2.45) is 7.05 Å². The van der Waals surface area contributed by atoms with Gasteiger partial charge in [-0.3, -0.25) is 9.36 Å². The highest BCUT2D eigenvalue weighted by Crippen LogP contribution is 2.43. The monoisotopic (exact) mass is 314 g/mol. The summed E-state index contributed by atoms with van der Waals surface area (Å²) in [5, 5.41) is 9.40. The van der Waals surface area contributed by atoms with E-state index in [1.807, 2.05) is 11.7 Å². The predicted molar refractivity (Wildman–Crippen MR) is 93.9 cm³/mol. The number of aryl methyl sites for hydroxylation is 3. The number of rotatable bonds is 7. The van der Waals surface area contributed by atoms with Crippen LogP contribution in [-0.2, 0) is 13.5 Å². The lowest BCUT2D eigenvalue weighted by molar-refractivity contribution is 0.417. The van der Waals surface area contributed by atoms with E-state index in [4.69, 9.17) is 10.2 Å². The fourth-order valence-corrected chi connectivity index (χ4v) is 3.56. The molecular formula is C19H30N4. The average Bonchev–Trinajstić information content (AvgIpc) is 3.19. The molecule has 4 heteroatoms. The Morgan fingerprint density at radius 2 is 1.96 bits per heavy atom. The first-order valence-electron chi connectivity index (χ1n) is 9.08. The molecule has 1 aliphatic rings. The largest absolute Gasteiger partial charge is 0.275 e. The molecule has 2 heterocycles. The van der Waals surface area contributed by atoms with E-state index in [2.05, 4.69) is 44.6 Å². The third-order valence-corrected chi connectivity index (χ3v) is 5.11. The summed E-state index contributed by atoms with van der Waals surface area (Å²) < 4.78 is 4.22. The summed E-state index contributed by atoms with van der Waals surface area (Å²) in [6.45, 7) is 8.94. The molecule has 0 aromatic carbocycles. The molecule has 2 aromatic heterocycles. The smallest absolute Gasteiger partial charge is 0.0690 e. The van der Waals surface area contributed by atoms with E-state index in [0.717, 1.165) is 24.5 Å². The Hall–Kier alpha value is -1.58. The molecule has 23 heavy (non-hydrogen) atoms. The first-order valence-corrected chi connectivity index (χ1v) is 9.08. The Labute approximate surface area is 139 Å². The molecule has 126 valence electrons. The molecule has 1 aliphatic carbocycles. The molecular weight excluding hydrogens is 284 g/mol. The Balaban J connectivity index is 1.65. The molecule has 0 radical (unpaired) electrons. The van der Waals surface area contributed by atoms with Gasteiger partial charge < -0.3 is 0 Å². The van der Waals surface area contributed by atoms with Gasteiger partial charge in [-0.05, 0) is 63.5 Å². The highest BCUT2D eigenvalue weighted by Gasteiger charge is 2.30. The zero-order valence-corrected chi connectivity index (χ0v) is 15.2. The van der Waals surface area contributed by atoms with E-state index >= 15 is 0 Å². The maximum atomic E-state index is 4.71. The topological polar surface area (TPSA) is 35.6 Å². The van der Waals surface area contributed by atoms with Crippen LogP contribution < -0.4 is 0 Å². The fourth-order valence-electron chi connectivity index (χ4n) is 3.56. The highest BCUT2D eigenvalue weighted by molar-refractivity contribution is 5.28. The summed E-state index contributed by atoms with van der Waals surface area (Å²) in [5.41, 5.74) is 5.30. The van der Waals surface area contributed by atoms with Crippen molar-refractivity contribution in [1.82, 2.24) is 19.6 Å². The lowest BCUT2D eigenvalue weighted by Crippen LogP contribution is -2.11. The Kier molecular flexibility index (Phi) is 4.60. The minimum atomic E-state index is 0.460. The van der Waals surface area contributed by atoms with Gasteiger partial charge in [0.15, 0.2) is 0 Å². The molecule has 1 fully saturated rings. The summed E-state index contributed by atoms with van der Waals surface area (Å²) in [4.78, 5) is 0. The number of hydrogen-bond donors (Lipinski definition) is 0. The van der Waals surface area contributed by atoms with Crippen LogP contribution >= 0.6 is 0 Å². The van der Waals surface area contributed by atoms with Crippen molar-refractivity contribution in [3.63, 3.8) is 0 Å². The van der Waals surface area contributed by atoms with Gasteiger partial charge in [0.25, 0.3) is 0 Å². The quantitative estimate of drug-likeness (QED) is 0.754. The standard InChI is InChI=1S/C19H30N4/c1-6-17-11-14(3)20-23(17)15(4)8-7-13(2)18-12-22(5)21-19(18)16-9-10-16/h11-13,15-16H,6-10H2,1-5H3. The molecule has 2 atom stereocenters. The minimum absolute atomic E-state index is 0.460. The van der Waals surface area contributed by atoms with Crippen molar-refractivity contribution in [3.8, 4) is 0 Å². The van der Waals surface area contributed by atoms with Gasteiger partial charge >= 0.3 is 0 Å². The van der Waals surface area contributed by atoms with Crippen molar-refractivity contribution >= 4 is 0 Å². The first kappa shape index (κ1) is 16.3. The number of nitrogens with zero attached hydrogens (tertiary/aromatic N) is 4. The van der Waals surface area contributed by atoms with Gasteiger partial charge in [-0.15, -0.1) is 0 Å². The molecule has 2 aromatic rings. The Bertz CT molecular complexity index is 663. The maximum Gasteiger partial charge on any atom is 0.0690 e. The van der Waals surface area contributed by atoms with E-state index in [1.165, 1.54) is 36.2 Å². The lowest BCUT2D eigenvalue weighted by Gasteiger charge is -2.18. The Morgan fingerprint density at radius 3 is 2.61 bits per heavy atom. The zero-order chi connectivity index (χ0) is 16.6. The van der Waals surface area contributed by atoms with Crippen molar-refractivity contribution in [1.29, 1.82) is 0 Å². The zero-order valence-electron chi connectivity index (χ0n) is 15.2. The molecule has 1 saturated carbocycles. The molecule has 0 saturated heterocycles. The van der Waals surface area contributed by atoms with Crippen LogP contribution in [-0.4, -0.2) is 19.6 Å². The van der Waals surface area contributed by atoms with Gasteiger partial charge in [-0.1, -0.05) is 13.8 Å². The average molecular weight is 314 g/mol. The van der Waals surface area contributed by atoms with E-state index in [1.54, 1.807) is 0 Å². The highest BCUT2D eigenvalue weighted by atomic mass is 15.3. The second kappa shape index (κ2) is 6.50. The van der Waals surface area contributed by atoms with Crippen LogP contribution in [0.2, 0.25) is 0 Å². The molecule has 4 nitrogen and oxygen atoms in total. The van der Waals surface area contributed by atoms with Crippen molar-refractivity contribution in [2.45, 2.75) is 77.7 Å². The van der Waals surface area contributed by atoms with E-state index in [9.17, 15) is 0 Å². The minimum Gasteiger partial charge on any atom is -0.275 e. The molecule has 0 aliphatic heterocycles. The summed E-state index contributed by atoms with van der Waals surface area (Å²) in [7, 11) is 2.05. The van der Waals surface area contributed by atoms with Crippen LogP contribution in [0.15, 0.2) is 12.3 Å². The van der Waals surface area contributed by atoms with E-state index in [-0.39, 0.29) is 0 Å². The van der Waals surface area contributed by atoms with Crippen LogP contribution in [0.3, 0.4) is 0 Å². The summed E-state index contributed by atoms with van der Waals surface area (Å²) in [5.74, 6) is 1.30. The molecule has 0 spiro atoms. The molecule has 0 N–H and O–H groups in total. The van der Waals surface area contributed by atoms with Gasteiger partial charge in [0, 0.05) is 30.9 Å². The van der Waals surface area contributed by atoms with Gasteiger partial charge in [0.05, 0.1) is 11.4 Å². The molecule has 2 unspecified atom stereocenters. The van der Waals surface area contributed by atoms with Crippen LogP contribution in [0.4, 0.5) is 0 Å². The van der Waals surface area contributed by atoms with Crippen LogP contribution in [0.25, 0.3) is 0 Å². The van der Waals surface area contributed by atoms with Crippen LogP contribution in [0.5, 0.6) is 0 Å². The van der Waals surface area contributed by atoms with Gasteiger partial charge in [0.1, 0.15) is 0 Å². The van der Waals surface area contributed by atoms with Crippen molar-refractivity contribution in [3.05, 3.63) is 34.9 Å². The SMILES string of the molecule is CCc1cc(C)nn1C(C)CCC(C)c1cn(C)nc1C1CC1. The second-order valence-electron chi connectivity index (χ2n) is 7.32. The van der Waals surface area contributed by atoms with E-state index in [0.29, 0.717) is 12.0 Å². The van der Waals surface area contributed by atoms with Crippen LogP contribution in [0.1, 0.15) is 87.0 Å². The Morgan fingerprint density at radius 1 is 1.22 bits per heavy atom. The molecule has 0 amide bonds. The first-order chi connectivity index (χ1) is 11.0. The second-order valence-corrected chi connectivity index (χ2v) is 7.32. The molecule has 0 bridgehead atoms. The lowest BCUT2D eigenvalue weighted by atomic mass is 9.93. The number of hydrogen-bond acceptors (Lipinski definition) is 2. The summed E-state index contributed by atoms with van der Waals surface area (Å²) in [6.07, 6.45) is 8.27. The van der Waals surface area contributed by atoms with Crippen LogP contribution in [0, 0.1) is 6.92 Å². The van der Waals surface area contributed by atoms with Crippen molar-refractivity contribution in [2.75, 3.05) is 0 Å². The summed E-state index contributed by atoms with van der Waals surface area (Å²) in [6, 6.07) is 2.67. The van der Waals surface area contributed by atoms with E-state index < -0.39 is 0 Å². The van der Waals surface area contributed by atoms with Gasteiger partial charge in [0.2, 0.25) is 0 Å². The number of aromatic nitrogens is 4. The predicted octanol–water partition coefficient (Wildman–Crippen LogP) is 4.51. The fraction of sp³-hybridized carbons (Fsp3) is 0.684. The van der Waals surface area contributed by atoms with Gasteiger partial charge in [-0.2, -0.15) is 10.2 Å². The third-order valence-electron chi connectivity index (χ3n) is 5.11. The summed E-state index contributed by atoms with van der Waals surface area (Å²) >= 11 is 0. The third kappa shape index (κ3) is 3.51. The van der Waals surface area contributed by atoms with Gasteiger partial charge in [-0.25, -0.2) is 0 Å². The maximum absolute atomic E-state index is 4.71. The van der Waals surface area contributed by atoms with Crippen molar-refractivity contribution < 1.29 is 0 Å². The molecule has 3 rings (SSSR count). The normalized spacial score (nSPS) is 17.4.